The van der Waals surface area contributed by atoms with E-state index in [9.17, 15) is 13.2 Å². The molecule has 27 heavy (non-hydrogen) atoms. The van der Waals surface area contributed by atoms with Gasteiger partial charge in [0.1, 0.15) is 5.69 Å². The Balaban J connectivity index is 2.27. The average Bonchev–Trinajstić information content (AvgIpc) is 3.11. The summed E-state index contributed by atoms with van der Waals surface area (Å²) in [6.07, 6.45) is 1.37. The van der Waals surface area contributed by atoms with Crippen molar-refractivity contribution in [2.24, 2.45) is 0 Å². The number of carbonyl (C=O) groups is 1. The first kappa shape index (κ1) is 19.2. The van der Waals surface area contributed by atoms with Crippen LogP contribution in [0.5, 0.6) is 0 Å². The molecule has 5 nitrogen and oxygen atoms in total. The Morgan fingerprint density at radius 2 is 1.74 bits per heavy atom. The van der Waals surface area contributed by atoms with Crippen LogP contribution < -0.4 is 0 Å². The molecule has 3 aromatic rings. The molecule has 1 heterocycles. The van der Waals surface area contributed by atoms with E-state index < -0.39 is 16.0 Å². The fourth-order valence-corrected chi connectivity index (χ4v) is 4.37. The maximum absolute atomic E-state index is 13.1. The molecule has 0 radical (unpaired) electrons. The molecule has 0 aliphatic heterocycles. The van der Waals surface area contributed by atoms with Gasteiger partial charge in [0.05, 0.1) is 11.5 Å². The Kier molecular flexibility index (Phi) is 5.39. The van der Waals surface area contributed by atoms with Crippen molar-refractivity contribution >= 4 is 27.6 Å². The van der Waals surface area contributed by atoms with Crippen LogP contribution >= 0.6 is 11.6 Å². The highest BCUT2D eigenvalue weighted by Gasteiger charge is 2.28. The van der Waals surface area contributed by atoms with Gasteiger partial charge in [0.25, 0.3) is 10.0 Å². The van der Waals surface area contributed by atoms with Crippen LogP contribution in [0.3, 0.4) is 0 Å². The molecule has 0 atom stereocenters. The average molecular weight is 404 g/mol. The van der Waals surface area contributed by atoms with E-state index in [1.165, 1.54) is 18.3 Å². The van der Waals surface area contributed by atoms with Crippen LogP contribution in [0.4, 0.5) is 0 Å². The predicted molar refractivity (Wildman–Crippen MR) is 105 cm³/mol. The van der Waals surface area contributed by atoms with Crippen molar-refractivity contribution < 1.29 is 17.9 Å². The molecule has 0 amide bonds. The predicted octanol–water partition coefficient (Wildman–Crippen LogP) is 4.53. The molecule has 1 aromatic heterocycles. The maximum Gasteiger partial charge on any atom is 0.356 e. The second-order valence-electron chi connectivity index (χ2n) is 5.82. The lowest BCUT2D eigenvalue weighted by Crippen LogP contribution is -2.20. The Hall–Kier alpha value is -2.57. The van der Waals surface area contributed by atoms with Gasteiger partial charge in [0.2, 0.25) is 0 Å². The van der Waals surface area contributed by atoms with E-state index in [-0.39, 0.29) is 17.2 Å². The number of carbonyl (C=O) groups excluding carboxylic acids is 1. The lowest BCUT2D eigenvalue weighted by Gasteiger charge is -2.13. The van der Waals surface area contributed by atoms with Crippen LogP contribution in [-0.2, 0) is 14.8 Å². The van der Waals surface area contributed by atoms with Gasteiger partial charge < -0.3 is 4.74 Å². The van der Waals surface area contributed by atoms with Gasteiger partial charge >= 0.3 is 5.97 Å². The van der Waals surface area contributed by atoms with Crippen molar-refractivity contribution in [3.63, 3.8) is 0 Å². The summed E-state index contributed by atoms with van der Waals surface area (Å²) in [6.45, 7) is 3.61. The SMILES string of the molecule is CCOC(=O)c1c(-c2cccc(Cl)c2C)ccn1S(=O)(=O)c1ccccc1. The second-order valence-corrected chi connectivity index (χ2v) is 8.05. The molecule has 0 N–H and O–H groups in total. The van der Waals surface area contributed by atoms with E-state index >= 15 is 0 Å². The zero-order valence-corrected chi connectivity index (χ0v) is 16.4. The third-order valence-electron chi connectivity index (χ3n) is 4.18. The monoisotopic (exact) mass is 403 g/mol. The Morgan fingerprint density at radius 1 is 1.04 bits per heavy atom. The first-order valence-corrected chi connectivity index (χ1v) is 10.1. The van der Waals surface area contributed by atoms with E-state index in [0.717, 1.165) is 9.54 Å². The lowest BCUT2D eigenvalue weighted by molar-refractivity contribution is 0.0519. The van der Waals surface area contributed by atoms with Gasteiger partial charge in [-0.05, 0) is 49.2 Å². The van der Waals surface area contributed by atoms with Crippen molar-refractivity contribution in [1.82, 2.24) is 3.97 Å². The molecular formula is C20H18ClNO4S. The van der Waals surface area contributed by atoms with Crippen LogP contribution in [0.25, 0.3) is 11.1 Å². The molecular weight excluding hydrogens is 386 g/mol. The van der Waals surface area contributed by atoms with Crippen LogP contribution in [0, 0.1) is 6.92 Å². The summed E-state index contributed by atoms with van der Waals surface area (Å²) in [6, 6.07) is 14.8. The molecule has 0 saturated heterocycles. The molecule has 0 spiro atoms. The van der Waals surface area contributed by atoms with E-state index in [1.807, 2.05) is 6.92 Å². The number of aromatic nitrogens is 1. The summed E-state index contributed by atoms with van der Waals surface area (Å²) in [5.41, 5.74) is 1.83. The Bertz CT molecular complexity index is 1090. The molecule has 0 bridgehead atoms. The summed E-state index contributed by atoms with van der Waals surface area (Å²) < 4.78 is 32.3. The van der Waals surface area contributed by atoms with Gasteiger partial charge in [-0.25, -0.2) is 17.2 Å². The van der Waals surface area contributed by atoms with Gasteiger partial charge in [0, 0.05) is 16.8 Å². The number of nitrogens with zero attached hydrogens (tertiary/aromatic N) is 1. The molecule has 0 unspecified atom stereocenters. The van der Waals surface area contributed by atoms with Crippen molar-refractivity contribution in [1.29, 1.82) is 0 Å². The summed E-state index contributed by atoms with van der Waals surface area (Å²) in [5, 5.41) is 0.529. The van der Waals surface area contributed by atoms with E-state index in [2.05, 4.69) is 0 Å². The number of rotatable bonds is 5. The first-order chi connectivity index (χ1) is 12.9. The highest BCUT2D eigenvalue weighted by Crippen LogP contribution is 2.33. The number of esters is 1. The summed E-state index contributed by atoms with van der Waals surface area (Å²) in [7, 11) is -3.96. The number of hydrogen-bond acceptors (Lipinski definition) is 4. The molecule has 140 valence electrons. The molecule has 0 aliphatic carbocycles. The topological polar surface area (TPSA) is 65.4 Å². The smallest absolute Gasteiger partial charge is 0.356 e. The number of halogens is 1. The fraction of sp³-hybridized carbons (Fsp3) is 0.150. The van der Waals surface area contributed by atoms with Crippen molar-refractivity contribution in [2.75, 3.05) is 6.61 Å². The van der Waals surface area contributed by atoms with Crippen molar-refractivity contribution in [3.05, 3.63) is 77.1 Å². The van der Waals surface area contributed by atoms with Crippen LogP contribution in [0.1, 0.15) is 23.0 Å². The van der Waals surface area contributed by atoms with Crippen molar-refractivity contribution in [2.45, 2.75) is 18.7 Å². The summed E-state index contributed by atoms with van der Waals surface area (Å²) in [5.74, 6) is -0.712. The molecule has 2 aromatic carbocycles. The zero-order chi connectivity index (χ0) is 19.6. The minimum Gasteiger partial charge on any atom is -0.461 e. The normalized spacial score (nSPS) is 11.4. The summed E-state index contributed by atoms with van der Waals surface area (Å²) in [4.78, 5) is 12.7. The quantitative estimate of drug-likeness (QED) is 0.587. The standard InChI is InChI=1S/C20H18ClNO4S/c1-3-26-20(23)19-17(16-10-7-11-18(21)14(16)2)12-13-22(19)27(24,25)15-8-5-4-6-9-15/h4-13H,3H2,1-2H3. The minimum absolute atomic E-state index is 0.0499. The Morgan fingerprint density at radius 3 is 2.41 bits per heavy atom. The molecule has 7 heteroatoms. The fourth-order valence-electron chi connectivity index (χ4n) is 2.84. The van der Waals surface area contributed by atoms with Crippen LogP contribution in [-0.4, -0.2) is 25.0 Å². The van der Waals surface area contributed by atoms with Gasteiger partial charge in [0.15, 0.2) is 0 Å². The largest absolute Gasteiger partial charge is 0.461 e. The lowest BCUT2D eigenvalue weighted by atomic mass is 10.0. The van der Waals surface area contributed by atoms with E-state index in [1.54, 1.807) is 49.4 Å². The van der Waals surface area contributed by atoms with E-state index in [0.29, 0.717) is 16.1 Å². The van der Waals surface area contributed by atoms with E-state index in [4.69, 9.17) is 16.3 Å². The molecule has 0 aliphatic rings. The van der Waals surface area contributed by atoms with Gasteiger partial charge in [-0.1, -0.05) is 41.9 Å². The third-order valence-corrected chi connectivity index (χ3v) is 6.28. The minimum atomic E-state index is -3.96. The molecule has 0 saturated carbocycles. The van der Waals surface area contributed by atoms with Crippen molar-refractivity contribution in [3.8, 4) is 11.1 Å². The third kappa shape index (κ3) is 3.50. The zero-order valence-electron chi connectivity index (χ0n) is 14.8. The first-order valence-electron chi connectivity index (χ1n) is 8.32. The molecule has 0 fully saturated rings. The number of benzene rings is 2. The second kappa shape index (κ2) is 7.58. The highest BCUT2D eigenvalue weighted by molar-refractivity contribution is 7.90. The molecule has 3 rings (SSSR count). The highest BCUT2D eigenvalue weighted by atomic mass is 35.5. The number of ether oxygens (including phenoxy) is 1. The van der Waals surface area contributed by atoms with Gasteiger partial charge in [-0.2, -0.15) is 0 Å². The maximum atomic E-state index is 13.1. The van der Waals surface area contributed by atoms with Gasteiger partial charge in [-0.15, -0.1) is 0 Å². The number of hydrogen-bond donors (Lipinski definition) is 0. The van der Waals surface area contributed by atoms with Crippen LogP contribution in [0.15, 0.2) is 65.7 Å². The van der Waals surface area contributed by atoms with Crippen LogP contribution in [0.2, 0.25) is 5.02 Å². The summed E-state index contributed by atoms with van der Waals surface area (Å²) >= 11 is 6.21. The van der Waals surface area contributed by atoms with Gasteiger partial charge in [-0.3, -0.25) is 0 Å². The Labute approximate surface area is 163 Å².